The average Bonchev–Trinajstić information content (AvgIpc) is 3.11. The minimum atomic E-state index is -2.63. The summed E-state index contributed by atoms with van der Waals surface area (Å²) >= 11 is 12.0. The first-order chi connectivity index (χ1) is 11.4. The monoisotopic (exact) mass is 378 g/mol. The van der Waals surface area contributed by atoms with Crippen LogP contribution in [0.25, 0.3) is 0 Å². The van der Waals surface area contributed by atoms with Crippen LogP contribution >= 0.6 is 23.2 Å². The molecule has 0 aliphatic heterocycles. The van der Waals surface area contributed by atoms with Crippen LogP contribution in [-0.4, -0.2) is 26.6 Å². The molecule has 0 spiro atoms. The Bertz CT molecular complexity index is 710. The quantitative estimate of drug-likeness (QED) is 0.599. The lowest BCUT2D eigenvalue weighted by atomic mass is 10.4. The number of rotatable bonds is 6. The van der Waals surface area contributed by atoms with E-state index in [9.17, 15) is 8.78 Å². The fourth-order valence-electron chi connectivity index (χ4n) is 2.06. The van der Waals surface area contributed by atoms with E-state index in [1.54, 1.807) is 17.7 Å². The van der Waals surface area contributed by atoms with E-state index in [1.807, 2.05) is 6.92 Å². The van der Waals surface area contributed by atoms with Crippen molar-refractivity contribution in [3.05, 3.63) is 40.2 Å². The van der Waals surface area contributed by atoms with Gasteiger partial charge in [0.15, 0.2) is 5.96 Å². The smallest absolute Gasteiger partial charge is 0.319 e. The lowest BCUT2D eigenvalue weighted by Crippen LogP contribution is -2.37. The van der Waals surface area contributed by atoms with Gasteiger partial charge in [-0.3, -0.25) is 4.57 Å². The van der Waals surface area contributed by atoms with Gasteiger partial charge in [0.05, 0.1) is 18.1 Å². The molecule has 2 heterocycles. The van der Waals surface area contributed by atoms with E-state index in [1.165, 1.54) is 12.4 Å². The first kappa shape index (κ1) is 18.5. The van der Waals surface area contributed by atoms with Crippen molar-refractivity contribution in [1.29, 1.82) is 0 Å². The molecule has 0 fully saturated rings. The maximum Gasteiger partial charge on any atom is 0.319 e. The number of hydrogen-bond donors (Lipinski definition) is 2. The summed E-state index contributed by atoms with van der Waals surface area (Å²) in [5.74, 6) is 0.704. The van der Waals surface area contributed by atoms with Gasteiger partial charge in [0.1, 0.15) is 11.0 Å². The molecule has 2 N–H and O–H groups in total. The molecule has 2 aromatic heterocycles. The molecule has 0 radical (unpaired) electrons. The topological polar surface area (TPSA) is 59.2 Å². The van der Waals surface area contributed by atoms with Gasteiger partial charge in [-0.05, 0) is 13.0 Å². The Morgan fingerprint density at radius 1 is 1.38 bits per heavy atom. The van der Waals surface area contributed by atoms with E-state index in [0.717, 1.165) is 10.3 Å². The lowest BCUT2D eigenvalue weighted by Gasteiger charge is -2.12. The van der Waals surface area contributed by atoms with Crippen LogP contribution in [0.3, 0.4) is 0 Å². The summed E-state index contributed by atoms with van der Waals surface area (Å²) in [6.45, 7) is 0.368. The van der Waals surface area contributed by atoms with Crippen molar-refractivity contribution in [2.24, 2.45) is 12.0 Å². The number of aromatic nitrogens is 3. The molecule has 132 valence electrons. The summed E-state index contributed by atoms with van der Waals surface area (Å²) < 4.78 is 28.2. The fourth-order valence-corrected chi connectivity index (χ4v) is 2.48. The van der Waals surface area contributed by atoms with E-state index in [-0.39, 0.29) is 12.4 Å². The van der Waals surface area contributed by atoms with E-state index < -0.39 is 6.55 Å². The molecule has 24 heavy (non-hydrogen) atoms. The highest BCUT2D eigenvalue weighted by Crippen LogP contribution is 2.25. The van der Waals surface area contributed by atoms with Gasteiger partial charge in [0.25, 0.3) is 0 Å². The number of guanidine groups is 1. The van der Waals surface area contributed by atoms with Gasteiger partial charge in [0.2, 0.25) is 0 Å². The predicted molar refractivity (Wildman–Crippen MR) is 90.6 cm³/mol. The molecule has 10 heteroatoms. The predicted octanol–water partition coefficient (Wildman–Crippen LogP) is 3.18. The number of nitrogens with one attached hydrogen (secondary N) is 2. The second-order valence-corrected chi connectivity index (χ2v) is 5.68. The van der Waals surface area contributed by atoms with Crippen molar-refractivity contribution in [3.8, 4) is 0 Å². The lowest BCUT2D eigenvalue weighted by molar-refractivity contribution is 0.0668. The first-order valence-electron chi connectivity index (χ1n) is 7.25. The third-order valence-electron chi connectivity index (χ3n) is 3.33. The second kappa shape index (κ2) is 8.34. The Balaban J connectivity index is 2.05. The Kier molecular flexibility index (Phi) is 6.44. The second-order valence-electron chi connectivity index (χ2n) is 4.91. The van der Waals surface area contributed by atoms with Gasteiger partial charge >= 0.3 is 6.55 Å². The van der Waals surface area contributed by atoms with Crippen LogP contribution in [0.15, 0.2) is 23.5 Å². The number of hydrogen-bond acceptors (Lipinski definition) is 2. The van der Waals surface area contributed by atoms with E-state index >= 15 is 0 Å². The van der Waals surface area contributed by atoms with Crippen molar-refractivity contribution < 1.29 is 8.78 Å². The van der Waals surface area contributed by atoms with Crippen molar-refractivity contribution in [3.63, 3.8) is 0 Å². The average molecular weight is 379 g/mol. The standard InChI is InChI=1S/C14H18Cl2F2N6/c1-3-19-14(21-7-9-6-10(15)12(16)23(9)2)22-8-11-20-4-5-24(11)13(17)18/h4-6,13H,3,7-8H2,1-2H3,(H2,19,21,22). The molecule has 0 saturated carbocycles. The number of imidazole rings is 1. The van der Waals surface area contributed by atoms with Crippen LogP contribution in [0.1, 0.15) is 25.0 Å². The number of halogens is 4. The molecule has 0 saturated heterocycles. The Morgan fingerprint density at radius 2 is 2.12 bits per heavy atom. The van der Waals surface area contributed by atoms with Crippen LogP contribution < -0.4 is 10.6 Å². The summed E-state index contributed by atoms with van der Waals surface area (Å²) in [6.07, 6.45) is 2.57. The molecular formula is C14H18Cl2F2N6. The number of aliphatic imine (C=N–C) groups is 1. The van der Waals surface area contributed by atoms with Crippen LogP contribution in [0.4, 0.5) is 8.78 Å². The summed E-state index contributed by atoms with van der Waals surface area (Å²) in [5, 5.41) is 6.92. The van der Waals surface area contributed by atoms with Gasteiger partial charge in [-0.15, -0.1) is 0 Å². The largest absolute Gasteiger partial charge is 0.357 e. The van der Waals surface area contributed by atoms with Crippen molar-refractivity contribution in [2.45, 2.75) is 26.6 Å². The van der Waals surface area contributed by atoms with Crippen molar-refractivity contribution in [2.75, 3.05) is 6.54 Å². The van der Waals surface area contributed by atoms with Gasteiger partial charge in [0, 0.05) is 31.7 Å². The summed E-state index contributed by atoms with van der Waals surface area (Å²) in [4.78, 5) is 8.32. The fraction of sp³-hybridized carbons (Fsp3) is 0.429. The highest BCUT2D eigenvalue weighted by Gasteiger charge is 2.12. The van der Waals surface area contributed by atoms with Crippen LogP contribution in [0.5, 0.6) is 0 Å². The van der Waals surface area contributed by atoms with Gasteiger partial charge in [-0.1, -0.05) is 23.2 Å². The van der Waals surface area contributed by atoms with Crippen molar-refractivity contribution >= 4 is 29.2 Å². The molecular weight excluding hydrogens is 361 g/mol. The van der Waals surface area contributed by atoms with E-state index in [0.29, 0.717) is 29.2 Å². The summed E-state index contributed by atoms with van der Waals surface area (Å²) in [5.41, 5.74) is 0.830. The highest BCUT2D eigenvalue weighted by atomic mass is 35.5. The molecule has 0 atom stereocenters. The minimum absolute atomic E-state index is 0.123. The van der Waals surface area contributed by atoms with E-state index in [2.05, 4.69) is 20.6 Å². The normalized spacial score (nSPS) is 12.0. The third kappa shape index (κ3) is 4.39. The SMILES string of the molecule is CCNC(=NCc1cc(Cl)c(Cl)n1C)NCc1nccn1C(F)F. The molecule has 2 aromatic rings. The molecule has 0 aromatic carbocycles. The van der Waals surface area contributed by atoms with Crippen LogP contribution in [-0.2, 0) is 20.1 Å². The zero-order chi connectivity index (χ0) is 17.7. The first-order valence-corrected chi connectivity index (χ1v) is 8.01. The number of nitrogens with zero attached hydrogens (tertiary/aromatic N) is 4. The summed E-state index contributed by atoms with van der Waals surface area (Å²) in [7, 11) is 1.79. The Hall–Kier alpha value is -1.80. The molecule has 0 amide bonds. The maximum atomic E-state index is 12.8. The van der Waals surface area contributed by atoms with Gasteiger partial charge in [-0.25, -0.2) is 9.98 Å². The molecule has 2 rings (SSSR count). The van der Waals surface area contributed by atoms with Gasteiger partial charge < -0.3 is 15.2 Å². The Labute approximate surface area is 148 Å². The zero-order valence-electron chi connectivity index (χ0n) is 13.2. The molecule has 0 aliphatic carbocycles. The Morgan fingerprint density at radius 3 is 2.71 bits per heavy atom. The van der Waals surface area contributed by atoms with Crippen LogP contribution in [0, 0.1) is 0 Å². The van der Waals surface area contributed by atoms with Crippen LogP contribution in [0.2, 0.25) is 10.2 Å². The maximum absolute atomic E-state index is 12.8. The summed E-state index contributed by atoms with van der Waals surface area (Å²) in [6, 6.07) is 1.74. The molecule has 0 bridgehead atoms. The minimum Gasteiger partial charge on any atom is -0.357 e. The number of alkyl halides is 2. The molecule has 0 aliphatic rings. The third-order valence-corrected chi connectivity index (χ3v) is 4.17. The van der Waals surface area contributed by atoms with Crippen molar-refractivity contribution in [1.82, 2.24) is 24.8 Å². The zero-order valence-corrected chi connectivity index (χ0v) is 14.7. The highest BCUT2D eigenvalue weighted by molar-refractivity contribution is 6.41. The van der Waals surface area contributed by atoms with E-state index in [4.69, 9.17) is 23.2 Å². The molecule has 0 unspecified atom stereocenters. The molecule has 6 nitrogen and oxygen atoms in total. The van der Waals surface area contributed by atoms with Gasteiger partial charge in [-0.2, -0.15) is 8.78 Å².